The molecule has 1 saturated heterocycles. The third kappa shape index (κ3) is 1.87. The maximum absolute atomic E-state index is 10.9. The zero-order valence-electron chi connectivity index (χ0n) is 5.68. The van der Waals surface area contributed by atoms with Crippen LogP contribution in [0.2, 0.25) is 0 Å². The van der Waals surface area contributed by atoms with Crippen molar-refractivity contribution in [2.45, 2.75) is 12.8 Å². The number of likely N-dealkylation sites (tertiary alicyclic amines) is 1. The van der Waals surface area contributed by atoms with Gasteiger partial charge in [-0.25, -0.2) is 4.79 Å². The third-order valence-electron chi connectivity index (χ3n) is 1.54. The molecular formula is C6H10BrNO2. The van der Waals surface area contributed by atoms with Crippen molar-refractivity contribution in [1.29, 1.82) is 0 Å². The third-order valence-corrected chi connectivity index (χ3v) is 1.77. The van der Waals surface area contributed by atoms with Crippen molar-refractivity contribution in [3.8, 4) is 0 Å². The van der Waals surface area contributed by atoms with Crippen LogP contribution in [0.3, 0.4) is 0 Å². The highest BCUT2D eigenvalue weighted by Crippen LogP contribution is 2.08. The van der Waals surface area contributed by atoms with Gasteiger partial charge in [-0.3, -0.25) is 0 Å². The summed E-state index contributed by atoms with van der Waals surface area (Å²) in [6.07, 6.45) is 2.02. The Bertz CT molecular complexity index is 123. The molecule has 1 heterocycles. The van der Waals surface area contributed by atoms with Crippen molar-refractivity contribution < 1.29 is 9.53 Å². The molecule has 0 bridgehead atoms. The zero-order valence-corrected chi connectivity index (χ0v) is 7.26. The number of carbonyl (C=O) groups is 1. The van der Waals surface area contributed by atoms with E-state index in [0.717, 1.165) is 25.9 Å². The van der Waals surface area contributed by atoms with Crippen LogP contribution >= 0.6 is 15.9 Å². The maximum Gasteiger partial charge on any atom is 0.410 e. The van der Waals surface area contributed by atoms with Gasteiger partial charge in [0.05, 0.1) is 0 Å². The molecule has 1 aliphatic rings. The molecule has 0 aromatic heterocycles. The lowest BCUT2D eigenvalue weighted by atomic mass is 10.4. The van der Waals surface area contributed by atoms with Crippen molar-refractivity contribution in [3.05, 3.63) is 0 Å². The number of rotatable bonds is 1. The van der Waals surface area contributed by atoms with Crippen LogP contribution in [-0.2, 0) is 4.74 Å². The van der Waals surface area contributed by atoms with Gasteiger partial charge in [0, 0.05) is 13.1 Å². The second-order valence-corrected chi connectivity index (χ2v) is 2.67. The molecule has 10 heavy (non-hydrogen) atoms. The largest absolute Gasteiger partial charge is 0.438 e. The van der Waals surface area contributed by atoms with Crippen LogP contribution in [-0.4, -0.2) is 29.6 Å². The highest BCUT2D eigenvalue weighted by atomic mass is 79.9. The van der Waals surface area contributed by atoms with E-state index in [2.05, 4.69) is 15.9 Å². The fourth-order valence-electron chi connectivity index (χ4n) is 1.04. The minimum absolute atomic E-state index is 0.200. The number of carbonyl (C=O) groups excluding carboxylic acids is 1. The Morgan fingerprint density at radius 3 is 2.60 bits per heavy atom. The van der Waals surface area contributed by atoms with Gasteiger partial charge < -0.3 is 9.64 Å². The van der Waals surface area contributed by atoms with Crippen molar-refractivity contribution in [1.82, 2.24) is 4.90 Å². The summed E-state index contributed by atoms with van der Waals surface area (Å²) >= 11 is 3.03. The number of nitrogens with zero attached hydrogens (tertiary/aromatic N) is 1. The molecule has 0 aromatic rings. The lowest BCUT2D eigenvalue weighted by Crippen LogP contribution is -2.27. The second kappa shape index (κ2) is 3.81. The van der Waals surface area contributed by atoms with Crippen LogP contribution in [0.15, 0.2) is 0 Å². The lowest BCUT2D eigenvalue weighted by Gasteiger charge is -2.12. The van der Waals surface area contributed by atoms with Gasteiger partial charge in [-0.2, -0.15) is 0 Å². The normalized spacial score (nSPS) is 17.5. The number of hydrogen-bond acceptors (Lipinski definition) is 2. The number of alkyl halides is 1. The van der Waals surface area contributed by atoms with Gasteiger partial charge >= 0.3 is 6.09 Å². The van der Waals surface area contributed by atoms with E-state index in [4.69, 9.17) is 4.74 Å². The van der Waals surface area contributed by atoms with Gasteiger partial charge in [0.15, 0.2) is 0 Å². The topological polar surface area (TPSA) is 29.5 Å². The molecule has 0 saturated carbocycles. The summed E-state index contributed by atoms with van der Waals surface area (Å²) in [5, 5.41) is 0. The molecule has 58 valence electrons. The summed E-state index contributed by atoms with van der Waals surface area (Å²) in [7, 11) is 0. The summed E-state index contributed by atoms with van der Waals surface area (Å²) in [6.45, 7) is 1.71. The van der Waals surface area contributed by atoms with Gasteiger partial charge in [0.2, 0.25) is 0 Å². The van der Waals surface area contributed by atoms with E-state index < -0.39 is 0 Å². The summed E-state index contributed by atoms with van der Waals surface area (Å²) in [5.41, 5.74) is 0.294. The summed E-state index contributed by atoms with van der Waals surface area (Å²) in [5.74, 6) is 0. The molecule has 0 radical (unpaired) electrons. The Hall–Kier alpha value is -0.250. The van der Waals surface area contributed by atoms with Crippen LogP contribution in [0, 0.1) is 0 Å². The predicted octanol–water partition coefficient (Wildman–Crippen LogP) is 1.57. The number of amides is 1. The van der Waals surface area contributed by atoms with Crippen molar-refractivity contribution in [2.75, 3.05) is 18.6 Å². The minimum atomic E-state index is -0.200. The second-order valence-electron chi connectivity index (χ2n) is 2.21. The zero-order chi connectivity index (χ0) is 7.40. The standard InChI is InChI=1S/C6H10BrNO2/c7-5-10-6(9)8-3-1-2-4-8/h1-5H2. The minimum Gasteiger partial charge on any atom is -0.438 e. The molecule has 0 atom stereocenters. The Kier molecular flexibility index (Phi) is 2.99. The average Bonchev–Trinajstić information content (AvgIpc) is 2.38. The van der Waals surface area contributed by atoms with E-state index in [1.165, 1.54) is 0 Å². The Labute approximate surface area is 68.5 Å². The van der Waals surface area contributed by atoms with E-state index >= 15 is 0 Å². The molecular weight excluding hydrogens is 198 g/mol. The fourth-order valence-corrected chi connectivity index (χ4v) is 1.23. The van der Waals surface area contributed by atoms with Crippen LogP contribution in [0.25, 0.3) is 0 Å². The smallest absolute Gasteiger partial charge is 0.410 e. The highest BCUT2D eigenvalue weighted by molar-refractivity contribution is 9.09. The van der Waals surface area contributed by atoms with Crippen LogP contribution < -0.4 is 0 Å². The van der Waals surface area contributed by atoms with Crippen LogP contribution in [0.1, 0.15) is 12.8 Å². The van der Waals surface area contributed by atoms with Gasteiger partial charge in [-0.15, -0.1) is 0 Å². The molecule has 4 heteroatoms. The van der Waals surface area contributed by atoms with Gasteiger partial charge in [-0.1, -0.05) is 0 Å². The van der Waals surface area contributed by atoms with Gasteiger partial charge in [-0.05, 0) is 28.8 Å². The Morgan fingerprint density at radius 2 is 2.10 bits per heavy atom. The maximum atomic E-state index is 10.9. The molecule has 0 unspecified atom stereocenters. The van der Waals surface area contributed by atoms with E-state index in [-0.39, 0.29) is 6.09 Å². The molecule has 0 aromatic carbocycles. The molecule has 0 aliphatic carbocycles. The quantitative estimate of drug-likeness (QED) is 0.612. The molecule has 1 rings (SSSR count). The highest BCUT2D eigenvalue weighted by Gasteiger charge is 2.18. The molecule has 1 amide bonds. The van der Waals surface area contributed by atoms with Gasteiger partial charge in [0.25, 0.3) is 0 Å². The van der Waals surface area contributed by atoms with Crippen molar-refractivity contribution in [2.24, 2.45) is 0 Å². The Morgan fingerprint density at radius 1 is 1.50 bits per heavy atom. The summed E-state index contributed by atoms with van der Waals surface area (Å²) < 4.78 is 4.73. The first-order valence-corrected chi connectivity index (χ1v) is 4.44. The summed E-state index contributed by atoms with van der Waals surface area (Å²) in [6, 6.07) is 0. The number of hydrogen-bond donors (Lipinski definition) is 0. The fraction of sp³-hybridized carbons (Fsp3) is 0.833. The van der Waals surface area contributed by atoms with Crippen molar-refractivity contribution in [3.63, 3.8) is 0 Å². The lowest BCUT2D eigenvalue weighted by molar-refractivity contribution is 0.129. The molecule has 1 aliphatic heterocycles. The first-order valence-electron chi connectivity index (χ1n) is 3.32. The predicted molar refractivity (Wildman–Crippen MR) is 41.1 cm³/mol. The molecule has 1 fully saturated rings. The first kappa shape index (κ1) is 7.85. The van der Waals surface area contributed by atoms with E-state index in [1.54, 1.807) is 4.90 Å². The first-order chi connectivity index (χ1) is 4.84. The number of ether oxygens (including phenoxy) is 1. The molecule has 0 spiro atoms. The van der Waals surface area contributed by atoms with Crippen molar-refractivity contribution >= 4 is 22.0 Å². The van der Waals surface area contributed by atoms with E-state index in [0.29, 0.717) is 5.52 Å². The van der Waals surface area contributed by atoms with Crippen LogP contribution in [0.4, 0.5) is 4.79 Å². The van der Waals surface area contributed by atoms with Crippen LogP contribution in [0.5, 0.6) is 0 Å². The number of halogens is 1. The van der Waals surface area contributed by atoms with E-state index in [1.807, 2.05) is 0 Å². The monoisotopic (exact) mass is 207 g/mol. The SMILES string of the molecule is O=C(OCBr)N1CCCC1. The van der Waals surface area contributed by atoms with E-state index in [9.17, 15) is 4.79 Å². The molecule has 3 nitrogen and oxygen atoms in total. The van der Waals surface area contributed by atoms with Gasteiger partial charge in [0.1, 0.15) is 5.52 Å². The Balaban J connectivity index is 2.25. The molecule has 0 N–H and O–H groups in total. The average molecular weight is 208 g/mol. The summed E-state index contributed by atoms with van der Waals surface area (Å²) in [4.78, 5) is 12.6.